The third-order valence-corrected chi connectivity index (χ3v) is 2.08. The van der Waals surface area contributed by atoms with Crippen molar-refractivity contribution in [2.45, 2.75) is 6.54 Å². The van der Waals surface area contributed by atoms with E-state index in [1.54, 1.807) is 12.3 Å². The fourth-order valence-corrected chi connectivity index (χ4v) is 1.17. The van der Waals surface area contributed by atoms with Crippen LogP contribution in [0.2, 0.25) is 0 Å². The lowest BCUT2D eigenvalue weighted by molar-refractivity contribution is 0.129. The second-order valence-electron chi connectivity index (χ2n) is 3.57. The van der Waals surface area contributed by atoms with E-state index < -0.39 is 0 Å². The second-order valence-corrected chi connectivity index (χ2v) is 3.57. The molecule has 6 heteroatoms. The van der Waals surface area contributed by atoms with Gasteiger partial charge in [0.2, 0.25) is 0 Å². The maximum absolute atomic E-state index is 11.6. The van der Waals surface area contributed by atoms with E-state index in [1.807, 2.05) is 19.0 Å². The Labute approximate surface area is 94.6 Å². The summed E-state index contributed by atoms with van der Waals surface area (Å²) in [6, 6.07) is 1.55. The molecule has 1 rings (SSSR count). The SMILES string of the molecule is CN(C)c1cnn(CCOCCN)c(=O)c1. The predicted molar refractivity (Wildman–Crippen MR) is 62.7 cm³/mol. The molecule has 0 spiro atoms. The van der Waals surface area contributed by atoms with Crippen molar-refractivity contribution >= 4 is 5.69 Å². The molecule has 0 fully saturated rings. The summed E-state index contributed by atoms with van der Waals surface area (Å²) in [5.74, 6) is 0. The van der Waals surface area contributed by atoms with E-state index in [9.17, 15) is 4.79 Å². The zero-order valence-corrected chi connectivity index (χ0v) is 9.72. The van der Waals surface area contributed by atoms with Gasteiger partial charge < -0.3 is 15.4 Å². The first-order chi connectivity index (χ1) is 7.65. The van der Waals surface area contributed by atoms with Gasteiger partial charge in [-0.2, -0.15) is 5.10 Å². The molecule has 0 saturated heterocycles. The number of anilines is 1. The maximum atomic E-state index is 11.6. The third-order valence-electron chi connectivity index (χ3n) is 2.08. The highest BCUT2D eigenvalue weighted by Crippen LogP contribution is 2.02. The summed E-state index contributed by atoms with van der Waals surface area (Å²) < 4.78 is 6.56. The summed E-state index contributed by atoms with van der Waals surface area (Å²) in [5, 5.41) is 4.05. The molecule has 90 valence electrons. The largest absolute Gasteiger partial charge is 0.378 e. The van der Waals surface area contributed by atoms with Crippen LogP contribution in [0.15, 0.2) is 17.1 Å². The molecule has 1 heterocycles. The highest BCUT2D eigenvalue weighted by Gasteiger charge is 2.01. The molecule has 0 saturated carbocycles. The average Bonchev–Trinajstić information content (AvgIpc) is 2.26. The molecule has 1 aromatic rings. The van der Waals surface area contributed by atoms with Crippen LogP contribution >= 0.6 is 0 Å². The Balaban J connectivity index is 2.58. The van der Waals surface area contributed by atoms with Crippen LogP contribution in [0.1, 0.15) is 0 Å². The minimum absolute atomic E-state index is 0.123. The molecule has 0 aliphatic heterocycles. The van der Waals surface area contributed by atoms with Crippen molar-refractivity contribution < 1.29 is 4.74 Å². The van der Waals surface area contributed by atoms with Crippen LogP contribution in [-0.4, -0.2) is 43.6 Å². The van der Waals surface area contributed by atoms with Gasteiger partial charge in [0.05, 0.1) is 31.6 Å². The second kappa shape index (κ2) is 6.24. The van der Waals surface area contributed by atoms with Gasteiger partial charge in [0.25, 0.3) is 5.56 Å². The van der Waals surface area contributed by atoms with Crippen molar-refractivity contribution in [1.29, 1.82) is 0 Å². The van der Waals surface area contributed by atoms with E-state index in [4.69, 9.17) is 10.5 Å². The Bertz CT molecular complexity index is 375. The molecule has 0 unspecified atom stereocenters. The van der Waals surface area contributed by atoms with Crippen molar-refractivity contribution in [1.82, 2.24) is 9.78 Å². The van der Waals surface area contributed by atoms with E-state index in [-0.39, 0.29) is 5.56 Å². The van der Waals surface area contributed by atoms with E-state index in [2.05, 4.69) is 5.10 Å². The van der Waals surface area contributed by atoms with Crippen LogP contribution in [0.5, 0.6) is 0 Å². The molecule has 0 aliphatic rings. The van der Waals surface area contributed by atoms with Crippen molar-refractivity contribution in [3.05, 3.63) is 22.6 Å². The lowest BCUT2D eigenvalue weighted by Gasteiger charge is -2.12. The quantitative estimate of drug-likeness (QED) is 0.648. The van der Waals surface area contributed by atoms with E-state index in [1.165, 1.54) is 4.68 Å². The summed E-state index contributed by atoms with van der Waals surface area (Å²) in [6.07, 6.45) is 1.66. The summed E-state index contributed by atoms with van der Waals surface area (Å²) in [5.41, 5.74) is 5.95. The van der Waals surface area contributed by atoms with Gasteiger partial charge >= 0.3 is 0 Å². The monoisotopic (exact) mass is 226 g/mol. The Morgan fingerprint density at radius 3 is 2.81 bits per heavy atom. The highest BCUT2D eigenvalue weighted by molar-refractivity contribution is 5.40. The van der Waals surface area contributed by atoms with Crippen LogP contribution in [0, 0.1) is 0 Å². The summed E-state index contributed by atoms with van der Waals surface area (Å²) in [4.78, 5) is 13.4. The van der Waals surface area contributed by atoms with Gasteiger partial charge in [0, 0.05) is 26.7 Å². The number of nitrogens with two attached hydrogens (primary N) is 1. The van der Waals surface area contributed by atoms with Crippen molar-refractivity contribution in [3.8, 4) is 0 Å². The molecule has 0 radical (unpaired) electrons. The van der Waals surface area contributed by atoms with Crippen LogP contribution < -0.4 is 16.2 Å². The first kappa shape index (κ1) is 12.7. The van der Waals surface area contributed by atoms with E-state index in [0.717, 1.165) is 5.69 Å². The Kier molecular flexibility index (Phi) is 4.94. The van der Waals surface area contributed by atoms with Crippen molar-refractivity contribution in [2.24, 2.45) is 5.73 Å². The lowest BCUT2D eigenvalue weighted by atomic mass is 10.4. The Morgan fingerprint density at radius 1 is 1.50 bits per heavy atom. The molecule has 16 heavy (non-hydrogen) atoms. The number of aromatic nitrogens is 2. The number of hydrogen-bond acceptors (Lipinski definition) is 5. The molecular weight excluding hydrogens is 208 g/mol. The third kappa shape index (κ3) is 3.63. The first-order valence-corrected chi connectivity index (χ1v) is 5.17. The number of nitrogens with zero attached hydrogens (tertiary/aromatic N) is 3. The van der Waals surface area contributed by atoms with Crippen molar-refractivity contribution in [3.63, 3.8) is 0 Å². The molecule has 0 aliphatic carbocycles. The van der Waals surface area contributed by atoms with Crippen LogP contribution in [0.3, 0.4) is 0 Å². The van der Waals surface area contributed by atoms with Crippen LogP contribution in [0.4, 0.5) is 5.69 Å². The van der Waals surface area contributed by atoms with E-state index >= 15 is 0 Å². The smallest absolute Gasteiger partial charge is 0.268 e. The standard InChI is InChI=1S/C10H18N4O2/c1-13(2)9-7-10(15)14(12-8-9)4-6-16-5-3-11/h7-8H,3-6,11H2,1-2H3. The molecule has 6 nitrogen and oxygen atoms in total. The zero-order valence-electron chi connectivity index (χ0n) is 9.72. The summed E-state index contributed by atoms with van der Waals surface area (Å²) in [6.45, 7) is 1.89. The predicted octanol–water partition coefficient (Wildman–Crippen LogP) is -0.715. The molecule has 0 amide bonds. The topological polar surface area (TPSA) is 73.4 Å². The number of rotatable bonds is 6. The molecule has 0 atom stereocenters. The fourth-order valence-electron chi connectivity index (χ4n) is 1.17. The Morgan fingerprint density at radius 2 is 2.25 bits per heavy atom. The van der Waals surface area contributed by atoms with Crippen molar-refractivity contribution in [2.75, 3.05) is 38.8 Å². The average molecular weight is 226 g/mol. The van der Waals surface area contributed by atoms with Crippen LogP contribution in [-0.2, 0) is 11.3 Å². The summed E-state index contributed by atoms with van der Waals surface area (Å²) in [7, 11) is 3.73. The lowest BCUT2D eigenvalue weighted by Crippen LogP contribution is -2.26. The Hall–Kier alpha value is -1.40. The molecular formula is C10H18N4O2. The van der Waals surface area contributed by atoms with E-state index in [0.29, 0.717) is 26.3 Å². The molecule has 1 aromatic heterocycles. The maximum Gasteiger partial charge on any atom is 0.268 e. The molecule has 0 bridgehead atoms. The zero-order chi connectivity index (χ0) is 12.0. The van der Waals surface area contributed by atoms with Gasteiger partial charge in [-0.05, 0) is 0 Å². The molecule has 0 aromatic carbocycles. The first-order valence-electron chi connectivity index (χ1n) is 5.17. The van der Waals surface area contributed by atoms with Gasteiger partial charge in [-0.15, -0.1) is 0 Å². The normalized spacial score (nSPS) is 10.4. The summed E-state index contributed by atoms with van der Waals surface area (Å²) >= 11 is 0. The van der Waals surface area contributed by atoms with Gasteiger partial charge in [0.15, 0.2) is 0 Å². The van der Waals surface area contributed by atoms with Gasteiger partial charge in [-0.3, -0.25) is 4.79 Å². The van der Waals surface area contributed by atoms with Gasteiger partial charge in [-0.1, -0.05) is 0 Å². The molecule has 2 N–H and O–H groups in total. The fraction of sp³-hybridized carbons (Fsp3) is 0.600. The highest BCUT2D eigenvalue weighted by atomic mass is 16.5. The minimum Gasteiger partial charge on any atom is -0.378 e. The van der Waals surface area contributed by atoms with Gasteiger partial charge in [0.1, 0.15) is 0 Å². The van der Waals surface area contributed by atoms with Gasteiger partial charge in [-0.25, -0.2) is 4.68 Å². The number of ether oxygens (including phenoxy) is 1. The van der Waals surface area contributed by atoms with Crippen LogP contribution in [0.25, 0.3) is 0 Å². The number of hydrogen-bond donors (Lipinski definition) is 1. The minimum atomic E-state index is -0.123.